The Morgan fingerprint density at radius 1 is 1.42 bits per heavy atom. The van der Waals surface area contributed by atoms with Crippen LogP contribution in [0.2, 0.25) is 0 Å². The fourth-order valence-electron chi connectivity index (χ4n) is 2.43. The van der Waals surface area contributed by atoms with Crippen LogP contribution in [0.25, 0.3) is 10.9 Å². The van der Waals surface area contributed by atoms with Crippen molar-refractivity contribution in [3.05, 3.63) is 40.5 Å². The first-order chi connectivity index (χ1) is 11.4. The molecule has 3 aromatic rings. The van der Waals surface area contributed by atoms with E-state index in [1.54, 1.807) is 10.9 Å². The predicted octanol–water partition coefficient (Wildman–Crippen LogP) is 2.87. The highest BCUT2D eigenvalue weighted by molar-refractivity contribution is 7.09. The highest BCUT2D eigenvalue weighted by atomic mass is 32.1. The lowest BCUT2D eigenvalue weighted by molar-refractivity contribution is -0.115. The molecule has 1 unspecified atom stereocenters. The molecule has 126 valence electrons. The summed E-state index contributed by atoms with van der Waals surface area (Å²) in [4.78, 5) is 16.7. The number of carbonyl (C=O) groups is 1. The molecule has 1 aromatic carbocycles. The minimum atomic E-state index is -0.0912. The molecule has 3 N–H and O–H groups in total. The molecule has 0 saturated carbocycles. The second kappa shape index (κ2) is 6.70. The van der Waals surface area contributed by atoms with Gasteiger partial charge in [0.2, 0.25) is 5.91 Å². The van der Waals surface area contributed by atoms with E-state index in [1.165, 1.54) is 11.3 Å². The molecule has 1 atom stereocenters. The Morgan fingerprint density at radius 3 is 2.96 bits per heavy atom. The average molecular weight is 343 g/mol. The maximum Gasteiger partial charge on any atom is 0.230 e. The monoisotopic (exact) mass is 343 g/mol. The maximum atomic E-state index is 12.3. The summed E-state index contributed by atoms with van der Waals surface area (Å²) in [6.45, 7) is 4.13. The lowest BCUT2D eigenvalue weighted by Crippen LogP contribution is -2.17. The first-order valence-corrected chi connectivity index (χ1v) is 8.73. The summed E-state index contributed by atoms with van der Waals surface area (Å²) in [7, 11) is 1.88. The summed E-state index contributed by atoms with van der Waals surface area (Å²) in [6.07, 6.45) is 2.04. The van der Waals surface area contributed by atoms with Crippen molar-refractivity contribution >= 4 is 33.8 Å². The van der Waals surface area contributed by atoms with Gasteiger partial charge in [0.1, 0.15) is 5.01 Å². The third-order valence-corrected chi connectivity index (χ3v) is 4.94. The molecule has 0 aliphatic heterocycles. The van der Waals surface area contributed by atoms with Crippen LogP contribution < -0.4 is 11.1 Å². The highest BCUT2D eigenvalue weighted by Gasteiger charge is 2.16. The van der Waals surface area contributed by atoms with E-state index in [0.29, 0.717) is 5.92 Å². The molecule has 0 aliphatic carbocycles. The summed E-state index contributed by atoms with van der Waals surface area (Å²) in [5.74, 6) is 0.231. The number of hydrogen-bond acceptors (Lipinski definition) is 5. The first-order valence-electron chi connectivity index (χ1n) is 7.85. The second-order valence-corrected chi connectivity index (χ2v) is 7.10. The summed E-state index contributed by atoms with van der Waals surface area (Å²) >= 11 is 1.51. The van der Waals surface area contributed by atoms with Crippen LogP contribution in [0.4, 0.5) is 5.69 Å². The Morgan fingerprint density at radius 2 is 2.21 bits per heavy atom. The van der Waals surface area contributed by atoms with Gasteiger partial charge in [-0.1, -0.05) is 13.8 Å². The van der Waals surface area contributed by atoms with Gasteiger partial charge in [0.25, 0.3) is 0 Å². The minimum absolute atomic E-state index is 0.0842. The number of thiazole rings is 1. The molecule has 24 heavy (non-hydrogen) atoms. The molecule has 0 fully saturated rings. The summed E-state index contributed by atoms with van der Waals surface area (Å²) < 4.78 is 1.78. The number of carbonyl (C=O) groups excluding carboxylic acids is 1. The van der Waals surface area contributed by atoms with E-state index in [2.05, 4.69) is 29.2 Å². The van der Waals surface area contributed by atoms with Gasteiger partial charge in [0.15, 0.2) is 0 Å². The number of aromatic nitrogens is 3. The molecular weight excluding hydrogens is 322 g/mol. The van der Waals surface area contributed by atoms with Crippen molar-refractivity contribution in [2.45, 2.75) is 26.3 Å². The van der Waals surface area contributed by atoms with Crippen LogP contribution in [-0.4, -0.2) is 20.7 Å². The van der Waals surface area contributed by atoms with E-state index < -0.39 is 0 Å². The molecule has 3 rings (SSSR count). The lowest BCUT2D eigenvalue weighted by Gasteiger charge is -2.11. The number of nitrogens with two attached hydrogens (primary N) is 1. The van der Waals surface area contributed by atoms with Gasteiger partial charge in [-0.15, -0.1) is 11.3 Å². The third kappa shape index (κ3) is 3.47. The van der Waals surface area contributed by atoms with Crippen LogP contribution in [0.3, 0.4) is 0 Å². The van der Waals surface area contributed by atoms with Gasteiger partial charge in [0.05, 0.1) is 29.9 Å². The van der Waals surface area contributed by atoms with Crippen LogP contribution in [-0.2, 0) is 18.3 Å². The molecule has 0 aliphatic rings. The second-order valence-electron chi connectivity index (χ2n) is 6.21. The fraction of sp³-hybridized carbons (Fsp3) is 0.353. The van der Waals surface area contributed by atoms with E-state index in [4.69, 9.17) is 5.73 Å². The van der Waals surface area contributed by atoms with E-state index >= 15 is 0 Å². The molecule has 0 bridgehead atoms. The van der Waals surface area contributed by atoms with Crippen molar-refractivity contribution in [3.8, 4) is 0 Å². The van der Waals surface area contributed by atoms with Crippen molar-refractivity contribution in [2.75, 3.05) is 5.32 Å². The van der Waals surface area contributed by atoms with Gasteiger partial charge in [-0.05, 0) is 24.1 Å². The number of amides is 1. The van der Waals surface area contributed by atoms with Crippen LogP contribution >= 0.6 is 11.3 Å². The molecule has 1 amide bonds. The van der Waals surface area contributed by atoms with Crippen molar-refractivity contribution in [2.24, 2.45) is 18.7 Å². The van der Waals surface area contributed by atoms with E-state index in [-0.39, 0.29) is 18.4 Å². The molecular formula is C17H21N5OS. The lowest BCUT2D eigenvalue weighted by atomic mass is 10.1. The van der Waals surface area contributed by atoms with Crippen molar-refractivity contribution in [3.63, 3.8) is 0 Å². The zero-order valence-corrected chi connectivity index (χ0v) is 14.8. The minimum Gasteiger partial charge on any atom is -0.326 e. The number of benzene rings is 1. The molecule has 0 radical (unpaired) electrons. The van der Waals surface area contributed by atoms with Gasteiger partial charge in [-0.3, -0.25) is 9.48 Å². The quantitative estimate of drug-likeness (QED) is 0.746. The van der Waals surface area contributed by atoms with Crippen LogP contribution in [0.5, 0.6) is 0 Å². The Bertz CT molecular complexity index is 867. The van der Waals surface area contributed by atoms with Gasteiger partial charge in [0, 0.05) is 23.5 Å². The maximum absolute atomic E-state index is 12.3. The number of fused-ring (bicyclic) bond motifs is 1. The molecule has 2 aromatic heterocycles. The van der Waals surface area contributed by atoms with E-state index in [1.807, 2.05) is 30.6 Å². The first kappa shape index (κ1) is 16.6. The molecule has 2 heterocycles. The highest BCUT2D eigenvalue weighted by Crippen LogP contribution is 2.23. The number of anilines is 1. The molecule has 6 nitrogen and oxygen atoms in total. The molecule has 7 heteroatoms. The number of nitrogens with zero attached hydrogens (tertiary/aromatic N) is 3. The largest absolute Gasteiger partial charge is 0.326 e. The summed E-state index contributed by atoms with van der Waals surface area (Å²) in [5, 5.41) is 10.9. The SMILES string of the molecule is CC(C)C(N)c1nc(CC(=O)Nc2ccc3cnn(C)c3c2)cs1. The zero-order valence-electron chi connectivity index (χ0n) is 14.0. The Kier molecular flexibility index (Phi) is 4.64. The van der Waals surface area contributed by atoms with Crippen LogP contribution in [0.15, 0.2) is 29.8 Å². The number of rotatable bonds is 5. The van der Waals surface area contributed by atoms with E-state index in [9.17, 15) is 4.79 Å². The van der Waals surface area contributed by atoms with Crippen molar-refractivity contribution in [1.82, 2.24) is 14.8 Å². The average Bonchev–Trinajstić information content (AvgIpc) is 3.14. The number of hydrogen-bond donors (Lipinski definition) is 2. The van der Waals surface area contributed by atoms with Gasteiger partial charge < -0.3 is 11.1 Å². The summed E-state index contributed by atoms with van der Waals surface area (Å²) in [5.41, 5.74) is 8.59. The number of nitrogens with one attached hydrogen (secondary N) is 1. The van der Waals surface area contributed by atoms with Crippen molar-refractivity contribution < 1.29 is 4.79 Å². The fourth-order valence-corrected chi connectivity index (χ4v) is 3.43. The number of aryl methyl sites for hydroxylation is 1. The normalized spacial score (nSPS) is 12.7. The predicted molar refractivity (Wildman–Crippen MR) is 96.9 cm³/mol. The van der Waals surface area contributed by atoms with Crippen LogP contribution in [0.1, 0.15) is 30.6 Å². The van der Waals surface area contributed by atoms with Crippen LogP contribution in [0, 0.1) is 5.92 Å². The zero-order chi connectivity index (χ0) is 17.3. The Labute approximate surface area is 144 Å². The third-order valence-electron chi connectivity index (χ3n) is 3.95. The van der Waals surface area contributed by atoms with Crippen molar-refractivity contribution in [1.29, 1.82) is 0 Å². The molecule has 0 saturated heterocycles. The Balaban J connectivity index is 1.67. The standard InChI is InChI=1S/C17H21N5OS/c1-10(2)16(18)17-21-13(9-24-17)7-15(23)20-12-5-4-11-8-19-22(3)14(11)6-12/h4-6,8-10,16H,7,18H2,1-3H3,(H,20,23). The summed E-state index contributed by atoms with van der Waals surface area (Å²) in [6, 6.07) is 5.66. The topological polar surface area (TPSA) is 85.8 Å². The van der Waals surface area contributed by atoms with Gasteiger partial charge in [-0.25, -0.2) is 4.98 Å². The molecule has 0 spiro atoms. The van der Waals surface area contributed by atoms with Gasteiger partial charge in [-0.2, -0.15) is 5.10 Å². The van der Waals surface area contributed by atoms with E-state index in [0.717, 1.165) is 27.3 Å². The smallest absolute Gasteiger partial charge is 0.230 e. The van der Waals surface area contributed by atoms with Gasteiger partial charge >= 0.3 is 0 Å². The Hall–Kier alpha value is -2.25.